The Morgan fingerprint density at radius 1 is 0.912 bits per heavy atom. The molecule has 3 aromatic rings. The van der Waals surface area contributed by atoms with Crippen LogP contribution in [-0.4, -0.2) is 47.3 Å². The van der Waals surface area contributed by atoms with Gasteiger partial charge in [0.2, 0.25) is 0 Å². The van der Waals surface area contributed by atoms with Gasteiger partial charge >= 0.3 is 0 Å². The van der Waals surface area contributed by atoms with Crippen molar-refractivity contribution in [3.8, 4) is 11.5 Å². The monoisotopic (exact) mass is 456 g/mol. The maximum atomic E-state index is 13.4. The van der Waals surface area contributed by atoms with E-state index < -0.39 is 0 Å². The second-order valence-corrected chi connectivity index (χ2v) is 8.20. The van der Waals surface area contributed by atoms with Crippen LogP contribution in [0.2, 0.25) is 0 Å². The van der Waals surface area contributed by atoms with E-state index in [1.165, 1.54) is 11.0 Å². The molecule has 3 amide bonds. The van der Waals surface area contributed by atoms with E-state index in [9.17, 15) is 14.4 Å². The first-order valence-electron chi connectivity index (χ1n) is 11.3. The van der Waals surface area contributed by atoms with Gasteiger partial charge in [0.25, 0.3) is 17.7 Å². The van der Waals surface area contributed by atoms with Crippen molar-refractivity contribution >= 4 is 17.7 Å². The Bertz CT molecular complexity index is 1270. The summed E-state index contributed by atoms with van der Waals surface area (Å²) >= 11 is 0. The van der Waals surface area contributed by atoms with Crippen molar-refractivity contribution in [3.63, 3.8) is 0 Å². The number of nitrogens with zero attached hydrogens (tertiary/aromatic N) is 2. The first kappa shape index (κ1) is 21.7. The van der Waals surface area contributed by atoms with Crippen LogP contribution in [0.5, 0.6) is 11.5 Å². The molecule has 7 nitrogen and oxygen atoms in total. The van der Waals surface area contributed by atoms with E-state index in [-0.39, 0.29) is 29.8 Å². The summed E-state index contributed by atoms with van der Waals surface area (Å²) in [7, 11) is 0. The van der Waals surface area contributed by atoms with E-state index in [2.05, 4.69) is 0 Å². The highest BCUT2D eigenvalue weighted by molar-refractivity contribution is 6.22. The molecule has 0 N–H and O–H groups in total. The molecule has 2 aliphatic rings. The average Bonchev–Trinajstić information content (AvgIpc) is 3.11. The number of carbonyl (C=O) groups is 3. The number of amides is 3. The molecule has 2 aliphatic heterocycles. The van der Waals surface area contributed by atoms with Crippen molar-refractivity contribution in [2.45, 2.75) is 20.0 Å². The highest BCUT2D eigenvalue weighted by Crippen LogP contribution is 2.34. The van der Waals surface area contributed by atoms with Crippen LogP contribution in [0.25, 0.3) is 0 Å². The fourth-order valence-corrected chi connectivity index (χ4v) is 4.31. The standard InChI is InChI=1S/C27H24N2O5/c1-2-28(17-20-9-6-10-23-24(20)34-14-13-33-23)25(30)19-11-12-21-22(15-19)27(32)29(26(21)31)16-18-7-4-3-5-8-18/h3-12,15H,2,13-14,16-17H2,1H3. The Kier molecular flexibility index (Phi) is 5.76. The molecule has 0 radical (unpaired) electrons. The Labute approximate surface area is 197 Å². The number of ether oxygens (including phenoxy) is 2. The van der Waals surface area contributed by atoms with Gasteiger partial charge in [0.1, 0.15) is 13.2 Å². The summed E-state index contributed by atoms with van der Waals surface area (Å²) in [6.07, 6.45) is 0. The van der Waals surface area contributed by atoms with Crippen LogP contribution < -0.4 is 9.47 Å². The molecule has 0 bridgehead atoms. The van der Waals surface area contributed by atoms with Gasteiger partial charge in [0, 0.05) is 24.2 Å². The van der Waals surface area contributed by atoms with Crippen molar-refractivity contribution in [2.75, 3.05) is 19.8 Å². The Balaban J connectivity index is 1.38. The van der Waals surface area contributed by atoms with Gasteiger partial charge < -0.3 is 14.4 Å². The lowest BCUT2D eigenvalue weighted by molar-refractivity contribution is 0.0642. The van der Waals surface area contributed by atoms with Crippen molar-refractivity contribution in [2.24, 2.45) is 0 Å². The minimum absolute atomic E-state index is 0.193. The SMILES string of the molecule is CCN(Cc1cccc2c1OCCO2)C(=O)c1ccc2c(c1)C(=O)N(Cc1ccccc1)C2=O. The number of hydrogen-bond donors (Lipinski definition) is 0. The lowest BCUT2D eigenvalue weighted by Gasteiger charge is -2.25. The maximum absolute atomic E-state index is 13.4. The molecular weight excluding hydrogens is 432 g/mol. The predicted molar refractivity (Wildman–Crippen MR) is 125 cm³/mol. The second-order valence-electron chi connectivity index (χ2n) is 8.20. The van der Waals surface area contributed by atoms with Crippen LogP contribution >= 0.6 is 0 Å². The second kappa shape index (κ2) is 9.02. The van der Waals surface area contributed by atoms with Gasteiger partial charge in [-0.25, -0.2) is 0 Å². The molecule has 0 unspecified atom stereocenters. The van der Waals surface area contributed by atoms with Crippen LogP contribution in [0.4, 0.5) is 0 Å². The van der Waals surface area contributed by atoms with Gasteiger partial charge in [-0.05, 0) is 36.8 Å². The lowest BCUT2D eigenvalue weighted by Crippen LogP contribution is -2.31. The number of rotatable bonds is 6. The Morgan fingerprint density at radius 2 is 1.68 bits per heavy atom. The van der Waals surface area contributed by atoms with E-state index in [4.69, 9.17) is 9.47 Å². The fourth-order valence-electron chi connectivity index (χ4n) is 4.31. The molecule has 0 aliphatic carbocycles. The summed E-state index contributed by atoms with van der Waals surface area (Å²) in [6, 6.07) is 19.7. The summed E-state index contributed by atoms with van der Waals surface area (Å²) < 4.78 is 11.4. The van der Waals surface area contributed by atoms with Crippen molar-refractivity contribution < 1.29 is 23.9 Å². The van der Waals surface area contributed by atoms with Gasteiger partial charge in [-0.15, -0.1) is 0 Å². The molecule has 0 aromatic heterocycles. The average molecular weight is 456 g/mol. The van der Waals surface area contributed by atoms with Crippen LogP contribution in [0.1, 0.15) is 49.1 Å². The van der Waals surface area contributed by atoms with Crippen molar-refractivity contribution in [1.82, 2.24) is 9.80 Å². The minimum atomic E-state index is -0.385. The molecular formula is C27H24N2O5. The minimum Gasteiger partial charge on any atom is -0.486 e. The zero-order valence-electron chi connectivity index (χ0n) is 18.8. The number of imide groups is 1. The van der Waals surface area contributed by atoms with E-state index in [0.29, 0.717) is 48.9 Å². The molecule has 172 valence electrons. The predicted octanol–water partition coefficient (Wildman–Crippen LogP) is 3.92. The van der Waals surface area contributed by atoms with Crippen LogP contribution in [0.3, 0.4) is 0 Å². The molecule has 5 rings (SSSR count). The summed E-state index contributed by atoms with van der Waals surface area (Å²) in [6.45, 7) is 3.85. The third-order valence-corrected chi connectivity index (χ3v) is 6.08. The zero-order valence-corrected chi connectivity index (χ0v) is 18.8. The number of hydrogen-bond acceptors (Lipinski definition) is 5. The zero-order chi connectivity index (χ0) is 23.7. The third kappa shape index (κ3) is 3.90. The largest absolute Gasteiger partial charge is 0.486 e. The molecule has 0 saturated carbocycles. The van der Waals surface area contributed by atoms with Crippen molar-refractivity contribution in [1.29, 1.82) is 0 Å². The quantitative estimate of drug-likeness (QED) is 0.526. The van der Waals surface area contributed by atoms with Gasteiger partial charge in [0.05, 0.1) is 17.7 Å². The van der Waals surface area contributed by atoms with Gasteiger partial charge in [0.15, 0.2) is 11.5 Å². The molecule has 2 heterocycles. The van der Waals surface area contributed by atoms with E-state index >= 15 is 0 Å². The summed E-state index contributed by atoms with van der Waals surface area (Å²) in [5.41, 5.74) is 2.67. The Morgan fingerprint density at radius 3 is 2.47 bits per heavy atom. The smallest absolute Gasteiger partial charge is 0.261 e. The number of carbonyl (C=O) groups excluding carboxylic acids is 3. The molecule has 0 saturated heterocycles. The fraction of sp³-hybridized carbons (Fsp3) is 0.222. The number of benzene rings is 3. The Hall–Kier alpha value is -4.13. The van der Waals surface area contributed by atoms with Crippen LogP contribution in [0.15, 0.2) is 66.7 Å². The van der Waals surface area contributed by atoms with Crippen molar-refractivity contribution in [3.05, 3.63) is 94.5 Å². The molecule has 34 heavy (non-hydrogen) atoms. The number of fused-ring (bicyclic) bond motifs is 2. The van der Waals surface area contributed by atoms with E-state index in [1.54, 1.807) is 17.0 Å². The molecule has 0 spiro atoms. The highest BCUT2D eigenvalue weighted by Gasteiger charge is 2.36. The normalized spacial score (nSPS) is 14.2. The van der Waals surface area contributed by atoms with E-state index in [1.807, 2.05) is 55.5 Å². The molecule has 7 heteroatoms. The first-order chi connectivity index (χ1) is 16.6. The highest BCUT2D eigenvalue weighted by atomic mass is 16.6. The van der Waals surface area contributed by atoms with Crippen LogP contribution in [-0.2, 0) is 13.1 Å². The number of para-hydroxylation sites is 1. The van der Waals surface area contributed by atoms with Gasteiger partial charge in [-0.1, -0.05) is 42.5 Å². The van der Waals surface area contributed by atoms with E-state index in [0.717, 1.165) is 11.1 Å². The molecule has 0 fully saturated rings. The summed E-state index contributed by atoms with van der Waals surface area (Å²) in [5.74, 6) is 0.382. The third-order valence-electron chi connectivity index (χ3n) is 6.08. The first-order valence-corrected chi connectivity index (χ1v) is 11.3. The van der Waals surface area contributed by atoms with Crippen LogP contribution in [0, 0.1) is 0 Å². The maximum Gasteiger partial charge on any atom is 0.261 e. The molecule has 0 atom stereocenters. The molecule has 3 aromatic carbocycles. The topological polar surface area (TPSA) is 76.2 Å². The van der Waals surface area contributed by atoms with Gasteiger partial charge in [-0.2, -0.15) is 0 Å². The van der Waals surface area contributed by atoms with Gasteiger partial charge in [-0.3, -0.25) is 19.3 Å². The summed E-state index contributed by atoms with van der Waals surface area (Å²) in [5, 5.41) is 0. The summed E-state index contributed by atoms with van der Waals surface area (Å²) in [4.78, 5) is 42.1. The lowest BCUT2D eigenvalue weighted by atomic mass is 10.0.